The van der Waals surface area contributed by atoms with E-state index < -0.39 is 5.79 Å². The Morgan fingerprint density at radius 2 is 1.78 bits per heavy atom. The molecular formula is C14H21NO3. The zero-order valence-corrected chi connectivity index (χ0v) is 11.2. The smallest absolute Gasteiger partial charge is 0.173 e. The molecular weight excluding hydrogens is 230 g/mol. The second-order valence-corrected chi connectivity index (χ2v) is 5.38. The van der Waals surface area contributed by atoms with Crippen LogP contribution in [0.5, 0.6) is 5.75 Å². The van der Waals surface area contributed by atoms with E-state index in [0.29, 0.717) is 19.8 Å². The van der Waals surface area contributed by atoms with Gasteiger partial charge in [-0.05, 0) is 31.2 Å². The van der Waals surface area contributed by atoms with Crippen LogP contribution < -0.4 is 10.5 Å². The Hall–Kier alpha value is -1.26. The molecule has 0 aliphatic carbocycles. The van der Waals surface area contributed by atoms with Gasteiger partial charge in [-0.15, -0.1) is 0 Å². The van der Waals surface area contributed by atoms with E-state index >= 15 is 0 Å². The fourth-order valence-electron chi connectivity index (χ4n) is 1.86. The summed E-state index contributed by atoms with van der Waals surface area (Å²) in [7, 11) is 0. The number of rotatable bonds is 4. The summed E-state index contributed by atoms with van der Waals surface area (Å²) in [5, 5.41) is 0. The van der Waals surface area contributed by atoms with E-state index in [4.69, 9.17) is 19.9 Å². The molecule has 1 aliphatic heterocycles. The molecule has 1 aliphatic rings. The highest BCUT2D eigenvalue weighted by Crippen LogP contribution is 2.38. The first-order chi connectivity index (χ1) is 8.43. The average Bonchev–Trinajstić information content (AvgIpc) is 2.77. The minimum Gasteiger partial charge on any atom is -0.493 e. The van der Waals surface area contributed by atoms with Crippen LogP contribution in [0, 0.1) is 5.41 Å². The number of hydrogen-bond acceptors (Lipinski definition) is 4. The standard InChI is InChI=1S/C14H21NO3/c1-13(2,14(3)17-8-9-18-14)10-16-12-6-4-11(15)5-7-12/h4-7H,8-10,15H2,1-3H3. The van der Waals surface area contributed by atoms with E-state index in [1.807, 2.05) is 31.2 Å². The van der Waals surface area contributed by atoms with Crippen LogP contribution in [-0.2, 0) is 9.47 Å². The van der Waals surface area contributed by atoms with Gasteiger partial charge in [0.25, 0.3) is 0 Å². The second kappa shape index (κ2) is 4.78. The SMILES string of the molecule is CC(C)(COc1ccc(N)cc1)C1(C)OCCO1. The molecule has 2 rings (SSSR count). The van der Waals surface area contributed by atoms with Gasteiger partial charge in [0.1, 0.15) is 5.75 Å². The number of ether oxygens (including phenoxy) is 3. The van der Waals surface area contributed by atoms with Crippen molar-refractivity contribution in [3.8, 4) is 5.75 Å². The zero-order valence-electron chi connectivity index (χ0n) is 11.2. The monoisotopic (exact) mass is 251 g/mol. The lowest BCUT2D eigenvalue weighted by Gasteiger charge is -2.38. The van der Waals surface area contributed by atoms with E-state index in [9.17, 15) is 0 Å². The van der Waals surface area contributed by atoms with Gasteiger partial charge in [0.2, 0.25) is 0 Å². The van der Waals surface area contributed by atoms with Gasteiger partial charge in [0.15, 0.2) is 5.79 Å². The van der Waals surface area contributed by atoms with Crippen LogP contribution >= 0.6 is 0 Å². The molecule has 1 aromatic carbocycles. The Kier molecular flexibility index (Phi) is 3.50. The number of anilines is 1. The molecule has 0 radical (unpaired) electrons. The van der Waals surface area contributed by atoms with Crippen molar-refractivity contribution in [1.29, 1.82) is 0 Å². The quantitative estimate of drug-likeness (QED) is 0.835. The van der Waals surface area contributed by atoms with Crippen molar-refractivity contribution in [3.63, 3.8) is 0 Å². The average molecular weight is 251 g/mol. The van der Waals surface area contributed by atoms with Crippen molar-refractivity contribution in [1.82, 2.24) is 0 Å². The maximum Gasteiger partial charge on any atom is 0.173 e. The summed E-state index contributed by atoms with van der Waals surface area (Å²) < 4.78 is 17.2. The molecule has 0 spiro atoms. The molecule has 1 heterocycles. The van der Waals surface area contributed by atoms with Crippen molar-refractivity contribution in [2.24, 2.45) is 5.41 Å². The van der Waals surface area contributed by atoms with Crippen LogP contribution in [0.4, 0.5) is 5.69 Å². The minimum atomic E-state index is -0.583. The van der Waals surface area contributed by atoms with Crippen LogP contribution in [0.25, 0.3) is 0 Å². The first-order valence-electron chi connectivity index (χ1n) is 6.19. The summed E-state index contributed by atoms with van der Waals surface area (Å²) in [5.74, 6) is 0.222. The summed E-state index contributed by atoms with van der Waals surface area (Å²) >= 11 is 0. The first-order valence-corrected chi connectivity index (χ1v) is 6.19. The van der Waals surface area contributed by atoms with Crippen molar-refractivity contribution >= 4 is 5.69 Å². The van der Waals surface area contributed by atoms with Crippen LogP contribution in [0.1, 0.15) is 20.8 Å². The molecule has 1 fully saturated rings. The summed E-state index contributed by atoms with van der Waals surface area (Å²) in [4.78, 5) is 0. The van der Waals surface area contributed by atoms with Gasteiger partial charge < -0.3 is 19.9 Å². The molecule has 1 aromatic rings. The molecule has 0 aromatic heterocycles. The van der Waals surface area contributed by atoms with Crippen LogP contribution in [0.2, 0.25) is 0 Å². The summed E-state index contributed by atoms with van der Waals surface area (Å²) in [5.41, 5.74) is 6.13. The normalized spacial score (nSPS) is 18.8. The molecule has 0 atom stereocenters. The van der Waals surface area contributed by atoms with Gasteiger partial charge in [-0.1, -0.05) is 13.8 Å². The Bertz CT molecular complexity index is 394. The molecule has 0 bridgehead atoms. The predicted octanol–water partition coefficient (Wildman–Crippen LogP) is 2.44. The fourth-order valence-corrected chi connectivity index (χ4v) is 1.86. The molecule has 0 saturated carbocycles. The zero-order chi connectivity index (χ0) is 13.2. The van der Waals surface area contributed by atoms with Gasteiger partial charge in [0, 0.05) is 5.69 Å². The largest absolute Gasteiger partial charge is 0.493 e. The van der Waals surface area contributed by atoms with E-state index in [1.54, 1.807) is 0 Å². The van der Waals surface area contributed by atoms with Crippen molar-refractivity contribution in [2.45, 2.75) is 26.6 Å². The van der Waals surface area contributed by atoms with Crippen molar-refractivity contribution in [3.05, 3.63) is 24.3 Å². The lowest BCUT2D eigenvalue weighted by atomic mass is 9.85. The van der Waals surface area contributed by atoms with Gasteiger partial charge in [0.05, 0.1) is 25.2 Å². The Balaban J connectivity index is 1.98. The number of benzene rings is 1. The molecule has 2 N–H and O–H groups in total. The van der Waals surface area contributed by atoms with Gasteiger partial charge in [-0.25, -0.2) is 0 Å². The first kappa shape index (κ1) is 13.2. The fraction of sp³-hybridized carbons (Fsp3) is 0.571. The third-order valence-electron chi connectivity index (χ3n) is 3.55. The molecule has 1 saturated heterocycles. The number of nitrogen functional groups attached to an aromatic ring is 1. The maximum atomic E-state index is 5.79. The molecule has 0 unspecified atom stereocenters. The summed E-state index contributed by atoms with van der Waals surface area (Å²) in [6.45, 7) is 7.93. The van der Waals surface area contributed by atoms with Gasteiger partial charge >= 0.3 is 0 Å². The summed E-state index contributed by atoms with van der Waals surface area (Å²) in [6, 6.07) is 7.38. The van der Waals surface area contributed by atoms with Crippen molar-refractivity contribution < 1.29 is 14.2 Å². The third kappa shape index (κ3) is 2.60. The maximum absolute atomic E-state index is 5.79. The predicted molar refractivity (Wildman–Crippen MR) is 70.4 cm³/mol. The Morgan fingerprint density at radius 3 is 2.33 bits per heavy atom. The van der Waals surface area contributed by atoms with Crippen LogP contribution in [0.3, 0.4) is 0 Å². The van der Waals surface area contributed by atoms with E-state index in [2.05, 4.69) is 13.8 Å². The minimum absolute atomic E-state index is 0.231. The number of hydrogen-bond donors (Lipinski definition) is 1. The second-order valence-electron chi connectivity index (χ2n) is 5.38. The topological polar surface area (TPSA) is 53.7 Å². The van der Waals surface area contributed by atoms with Gasteiger partial charge in [-0.2, -0.15) is 0 Å². The highest BCUT2D eigenvalue weighted by Gasteiger charge is 2.46. The highest BCUT2D eigenvalue weighted by atomic mass is 16.7. The third-order valence-corrected chi connectivity index (χ3v) is 3.55. The highest BCUT2D eigenvalue weighted by molar-refractivity contribution is 5.41. The molecule has 18 heavy (non-hydrogen) atoms. The van der Waals surface area contributed by atoms with Crippen LogP contribution in [-0.4, -0.2) is 25.6 Å². The number of nitrogens with two attached hydrogens (primary N) is 1. The lowest BCUT2D eigenvalue weighted by Crippen LogP contribution is -2.46. The lowest BCUT2D eigenvalue weighted by molar-refractivity contribution is -0.221. The molecule has 4 heteroatoms. The molecule has 100 valence electrons. The molecule has 4 nitrogen and oxygen atoms in total. The van der Waals surface area contributed by atoms with E-state index in [-0.39, 0.29) is 5.41 Å². The van der Waals surface area contributed by atoms with Crippen molar-refractivity contribution in [2.75, 3.05) is 25.6 Å². The Labute approximate surface area is 108 Å². The Morgan fingerprint density at radius 1 is 1.22 bits per heavy atom. The summed E-state index contributed by atoms with van der Waals surface area (Å²) in [6.07, 6.45) is 0. The van der Waals surface area contributed by atoms with E-state index in [1.165, 1.54) is 0 Å². The van der Waals surface area contributed by atoms with Crippen LogP contribution in [0.15, 0.2) is 24.3 Å². The molecule has 0 amide bonds. The van der Waals surface area contributed by atoms with Gasteiger partial charge in [-0.3, -0.25) is 0 Å². The van der Waals surface area contributed by atoms with E-state index in [0.717, 1.165) is 11.4 Å².